The predicted molar refractivity (Wildman–Crippen MR) is 94.1 cm³/mol. The van der Waals surface area contributed by atoms with Gasteiger partial charge in [0.25, 0.3) is 0 Å². The van der Waals surface area contributed by atoms with Crippen molar-refractivity contribution >= 4 is 5.96 Å². The molecule has 128 valence electrons. The van der Waals surface area contributed by atoms with Crippen molar-refractivity contribution in [1.82, 2.24) is 15.5 Å². The summed E-state index contributed by atoms with van der Waals surface area (Å²) in [6.07, 6.45) is 3.94. The molecular formula is C18H29FN4. The highest BCUT2D eigenvalue weighted by molar-refractivity contribution is 5.79. The van der Waals surface area contributed by atoms with Gasteiger partial charge in [0.05, 0.1) is 6.54 Å². The summed E-state index contributed by atoms with van der Waals surface area (Å²) in [5, 5.41) is 6.57. The van der Waals surface area contributed by atoms with E-state index in [0.717, 1.165) is 25.6 Å². The fourth-order valence-electron chi connectivity index (χ4n) is 2.94. The standard InChI is InChI=1S/C18H29FN4/c1-3-20-18(22-14-16-9-4-5-10-17(16)19)21-11-13-23-12-7-6-8-15(23)2/h4-5,9-10,15H,3,6-8,11-14H2,1-2H3,(H2,20,21,22). The van der Waals surface area contributed by atoms with Crippen LogP contribution in [-0.2, 0) is 6.54 Å². The average molecular weight is 320 g/mol. The van der Waals surface area contributed by atoms with Gasteiger partial charge in [0.1, 0.15) is 5.82 Å². The second-order valence-electron chi connectivity index (χ2n) is 6.09. The topological polar surface area (TPSA) is 39.7 Å². The van der Waals surface area contributed by atoms with Crippen LogP contribution in [0.5, 0.6) is 0 Å². The van der Waals surface area contributed by atoms with E-state index in [2.05, 4.69) is 27.4 Å². The van der Waals surface area contributed by atoms with Gasteiger partial charge in [-0.3, -0.25) is 4.90 Å². The number of nitrogens with zero attached hydrogens (tertiary/aromatic N) is 2. The Hall–Kier alpha value is -1.62. The molecule has 0 amide bonds. The first-order chi connectivity index (χ1) is 11.2. The average Bonchev–Trinajstić information content (AvgIpc) is 2.55. The van der Waals surface area contributed by atoms with E-state index in [-0.39, 0.29) is 5.82 Å². The number of hydrogen-bond donors (Lipinski definition) is 2. The fraction of sp³-hybridized carbons (Fsp3) is 0.611. The molecule has 0 aromatic heterocycles. The van der Waals surface area contributed by atoms with E-state index in [4.69, 9.17) is 0 Å². The van der Waals surface area contributed by atoms with Crippen LogP contribution >= 0.6 is 0 Å². The number of benzene rings is 1. The molecule has 1 aromatic rings. The van der Waals surface area contributed by atoms with Crippen molar-refractivity contribution in [3.05, 3.63) is 35.6 Å². The van der Waals surface area contributed by atoms with E-state index in [1.54, 1.807) is 12.1 Å². The summed E-state index contributed by atoms with van der Waals surface area (Å²) in [6.45, 7) is 8.54. The van der Waals surface area contributed by atoms with Crippen molar-refractivity contribution < 1.29 is 4.39 Å². The highest BCUT2D eigenvalue weighted by Gasteiger charge is 2.17. The molecule has 1 unspecified atom stereocenters. The smallest absolute Gasteiger partial charge is 0.191 e. The second kappa shape index (κ2) is 9.50. The van der Waals surface area contributed by atoms with Gasteiger partial charge >= 0.3 is 0 Å². The van der Waals surface area contributed by atoms with Crippen molar-refractivity contribution in [2.24, 2.45) is 4.99 Å². The number of piperidine rings is 1. The van der Waals surface area contributed by atoms with Crippen LogP contribution in [0.4, 0.5) is 4.39 Å². The summed E-state index contributed by atoms with van der Waals surface area (Å²) in [7, 11) is 0. The predicted octanol–water partition coefficient (Wildman–Crippen LogP) is 2.76. The lowest BCUT2D eigenvalue weighted by Gasteiger charge is -2.33. The van der Waals surface area contributed by atoms with E-state index in [1.165, 1.54) is 31.9 Å². The van der Waals surface area contributed by atoms with Crippen LogP contribution in [0, 0.1) is 5.82 Å². The number of nitrogens with one attached hydrogen (secondary N) is 2. The first-order valence-corrected chi connectivity index (χ1v) is 8.70. The van der Waals surface area contributed by atoms with Crippen LogP contribution in [0.3, 0.4) is 0 Å². The normalized spacial score (nSPS) is 19.6. The molecule has 0 spiro atoms. The molecule has 1 aliphatic rings. The number of hydrogen-bond acceptors (Lipinski definition) is 2. The molecule has 1 aliphatic heterocycles. The van der Waals surface area contributed by atoms with Crippen LogP contribution in [0.15, 0.2) is 29.3 Å². The molecule has 0 bridgehead atoms. The Labute approximate surface area is 139 Å². The molecule has 0 saturated carbocycles. The summed E-state index contributed by atoms with van der Waals surface area (Å²) in [5.74, 6) is 0.551. The number of likely N-dealkylation sites (tertiary alicyclic amines) is 1. The van der Waals surface area contributed by atoms with Gasteiger partial charge in [-0.25, -0.2) is 9.38 Å². The lowest BCUT2D eigenvalue weighted by atomic mass is 10.0. The van der Waals surface area contributed by atoms with Gasteiger partial charge in [-0.15, -0.1) is 0 Å². The van der Waals surface area contributed by atoms with E-state index >= 15 is 0 Å². The van der Waals surface area contributed by atoms with Gasteiger partial charge in [0, 0.05) is 31.2 Å². The van der Waals surface area contributed by atoms with E-state index in [9.17, 15) is 4.39 Å². The van der Waals surface area contributed by atoms with Crippen molar-refractivity contribution in [3.8, 4) is 0 Å². The van der Waals surface area contributed by atoms with Gasteiger partial charge in [-0.2, -0.15) is 0 Å². The lowest BCUT2D eigenvalue weighted by molar-refractivity contribution is 0.163. The molecule has 1 saturated heterocycles. The highest BCUT2D eigenvalue weighted by atomic mass is 19.1. The zero-order valence-electron chi connectivity index (χ0n) is 14.3. The first-order valence-electron chi connectivity index (χ1n) is 8.70. The minimum atomic E-state index is -0.200. The Kier molecular flexibility index (Phi) is 7.33. The molecule has 1 atom stereocenters. The Morgan fingerprint density at radius 1 is 1.30 bits per heavy atom. The van der Waals surface area contributed by atoms with E-state index in [0.29, 0.717) is 18.2 Å². The number of rotatable bonds is 6. The third kappa shape index (κ3) is 5.82. The summed E-state index contributed by atoms with van der Waals surface area (Å²) in [5.41, 5.74) is 0.620. The Morgan fingerprint density at radius 2 is 2.13 bits per heavy atom. The van der Waals surface area contributed by atoms with Crippen molar-refractivity contribution in [1.29, 1.82) is 0 Å². The molecule has 2 rings (SSSR count). The molecule has 1 fully saturated rings. The maximum atomic E-state index is 13.6. The van der Waals surface area contributed by atoms with E-state index in [1.807, 2.05) is 13.0 Å². The maximum absolute atomic E-state index is 13.6. The second-order valence-corrected chi connectivity index (χ2v) is 6.09. The summed E-state index contributed by atoms with van der Waals surface area (Å²) in [6, 6.07) is 7.46. The summed E-state index contributed by atoms with van der Waals surface area (Å²) < 4.78 is 13.6. The molecule has 2 N–H and O–H groups in total. The molecule has 1 heterocycles. The molecule has 23 heavy (non-hydrogen) atoms. The fourth-order valence-corrected chi connectivity index (χ4v) is 2.94. The molecule has 4 nitrogen and oxygen atoms in total. The highest BCUT2D eigenvalue weighted by Crippen LogP contribution is 2.15. The Bertz CT molecular complexity index is 504. The number of guanidine groups is 1. The van der Waals surface area contributed by atoms with Crippen molar-refractivity contribution in [2.75, 3.05) is 26.2 Å². The number of halogens is 1. The molecular weight excluding hydrogens is 291 g/mol. The third-order valence-electron chi connectivity index (χ3n) is 4.34. The van der Waals surface area contributed by atoms with Crippen LogP contribution < -0.4 is 10.6 Å². The third-order valence-corrected chi connectivity index (χ3v) is 4.34. The first kappa shape index (κ1) is 17.7. The molecule has 0 radical (unpaired) electrons. The quantitative estimate of drug-likeness (QED) is 0.625. The lowest BCUT2D eigenvalue weighted by Crippen LogP contribution is -2.45. The monoisotopic (exact) mass is 320 g/mol. The zero-order chi connectivity index (χ0) is 16.5. The minimum Gasteiger partial charge on any atom is -0.357 e. The number of aliphatic imine (C=N–C) groups is 1. The van der Waals surface area contributed by atoms with Crippen LogP contribution in [-0.4, -0.2) is 43.1 Å². The van der Waals surface area contributed by atoms with Gasteiger partial charge in [-0.1, -0.05) is 24.6 Å². The van der Waals surface area contributed by atoms with Crippen LogP contribution in [0.2, 0.25) is 0 Å². The van der Waals surface area contributed by atoms with Crippen molar-refractivity contribution in [3.63, 3.8) is 0 Å². The Morgan fingerprint density at radius 3 is 2.87 bits per heavy atom. The van der Waals surface area contributed by atoms with Crippen LogP contribution in [0.1, 0.15) is 38.7 Å². The van der Waals surface area contributed by atoms with Crippen molar-refractivity contribution in [2.45, 2.75) is 45.7 Å². The minimum absolute atomic E-state index is 0.200. The maximum Gasteiger partial charge on any atom is 0.191 e. The van der Waals surface area contributed by atoms with Crippen LogP contribution in [0.25, 0.3) is 0 Å². The SMILES string of the molecule is CCNC(=NCc1ccccc1F)NCCN1CCCCC1C. The zero-order valence-corrected chi connectivity index (χ0v) is 14.3. The van der Waals surface area contributed by atoms with Gasteiger partial charge in [0.2, 0.25) is 0 Å². The van der Waals surface area contributed by atoms with E-state index < -0.39 is 0 Å². The Balaban J connectivity index is 1.83. The molecule has 1 aromatic carbocycles. The summed E-state index contributed by atoms with van der Waals surface area (Å²) >= 11 is 0. The van der Waals surface area contributed by atoms with Gasteiger partial charge < -0.3 is 10.6 Å². The van der Waals surface area contributed by atoms with Gasteiger partial charge in [0.15, 0.2) is 5.96 Å². The van der Waals surface area contributed by atoms with Gasteiger partial charge in [-0.05, 0) is 39.3 Å². The largest absolute Gasteiger partial charge is 0.357 e. The summed E-state index contributed by atoms with van der Waals surface area (Å²) in [4.78, 5) is 7.01. The molecule has 0 aliphatic carbocycles. The molecule has 5 heteroatoms.